The Kier molecular flexibility index (Phi) is 7.08. The number of piperazine rings is 1. The SMILES string of the molecule is O=C(CN1CCN(S(=O)(=O)c2cc(C(F)(F)F)cc(C(F)(F)F)c2)CC1)N1CCOCC1. The lowest BCUT2D eigenvalue weighted by Gasteiger charge is -2.35. The topological polar surface area (TPSA) is 70.2 Å². The number of hydrogen-bond donors (Lipinski definition) is 0. The smallest absolute Gasteiger partial charge is 0.378 e. The zero-order valence-electron chi connectivity index (χ0n) is 16.7. The van der Waals surface area contributed by atoms with Gasteiger partial charge in [0.1, 0.15) is 0 Å². The first kappa shape index (κ1) is 24.7. The number of carbonyl (C=O) groups excluding carboxylic acids is 1. The van der Waals surface area contributed by atoms with Crippen LogP contribution in [0.25, 0.3) is 0 Å². The lowest BCUT2D eigenvalue weighted by molar-refractivity contribution is -0.143. The Bertz CT molecular complexity index is 905. The van der Waals surface area contributed by atoms with Gasteiger partial charge in [-0.15, -0.1) is 0 Å². The molecule has 2 heterocycles. The minimum atomic E-state index is -5.15. The molecule has 2 aliphatic heterocycles. The molecule has 2 saturated heterocycles. The van der Waals surface area contributed by atoms with Gasteiger partial charge in [-0.25, -0.2) is 8.42 Å². The quantitative estimate of drug-likeness (QED) is 0.605. The van der Waals surface area contributed by atoms with Gasteiger partial charge >= 0.3 is 12.4 Å². The predicted molar refractivity (Wildman–Crippen MR) is 99.0 cm³/mol. The Morgan fingerprint density at radius 1 is 0.844 bits per heavy atom. The van der Waals surface area contributed by atoms with Crippen LogP contribution in [0.5, 0.6) is 0 Å². The standard InChI is InChI=1S/C18H21F6N3O4S/c19-17(20,21)13-9-14(18(22,23)24)11-15(10-13)32(29,30)27-3-1-25(2-4-27)12-16(28)26-5-7-31-8-6-26/h9-11H,1-8,12H2. The van der Waals surface area contributed by atoms with E-state index in [0.29, 0.717) is 26.3 Å². The molecule has 1 aromatic rings. The summed E-state index contributed by atoms with van der Waals surface area (Å²) in [5, 5.41) is 0. The van der Waals surface area contributed by atoms with Crippen molar-refractivity contribution in [1.29, 1.82) is 0 Å². The average Bonchev–Trinajstić information content (AvgIpc) is 2.73. The van der Waals surface area contributed by atoms with E-state index in [9.17, 15) is 39.6 Å². The molecule has 0 N–H and O–H groups in total. The van der Waals surface area contributed by atoms with E-state index >= 15 is 0 Å². The van der Waals surface area contributed by atoms with Crippen molar-refractivity contribution in [3.63, 3.8) is 0 Å². The molecule has 0 radical (unpaired) electrons. The number of sulfonamides is 1. The van der Waals surface area contributed by atoms with Crippen LogP contribution < -0.4 is 0 Å². The van der Waals surface area contributed by atoms with Crippen molar-refractivity contribution in [3.8, 4) is 0 Å². The second-order valence-corrected chi connectivity index (χ2v) is 9.35. The maximum absolute atomic E-state index is 13.1. The molecule has 2 aliphatic rings. The molecule has 0 saturated carbocycles. The Hall–Kier alpha value is -1.90. The third kappa shape index (κ3) is 5.71. The van der Waals surface area contributed by atoms with Gasteiger partial charge in [0.2, 0.25) is 15.9 Å². The zero-order valence-corrected chi connectivity index (χ0v) is 17.6. The summed E-state index contributed by atoms with van der Waals surface area (Å²) in [4.78, 5) is 14.6. The molecular weight excluding hydrogens is 468 g/mol. The number of nitrogens with zero attached hydrogens (tertiary/aromatic N) is 3. The number of benzene rings is 1. The Morgan fingerprint density at radius 3 is 1.81 bits per heavy atom. The zero-order chi connectivity index (χ0) is 23.7. The van der Waals surface area contributed by atoms with E-state index in [1.165, 1.54) is 0 Å². The third-order valence-corrected chi connectivity index (χ3v) is 7.13. The van der Waals surface area contributed by atoms with Crippen LogP contribution in [0.3, 0.4) is 0 Å². The summed E-state index contributed by atoms with van der Waals surface area (Å²) in [7, 11) is -4.61. The second-order valence-electron chi connectivity index (χ2n) is 7.41. The van der Waals surface area contributed by atoms with Crippen LogP contribution >= 0.6 is 0 Å². The minimum absolute atomic E-state index is 0.0374. The van der Waals surface area contributed by atoms with E-state index < -0.39 is 38.4 Å². The van der Waals surface area contributed by atoms with Crippen molar-refractivity contribution in [1.82, 2.24) is 14.1 Å². The van der Waals surface area contributed by atoms with Crippen molar-refractivity contribution in [2.24, 2.45) is 0 Å². The molecule has 0 bridgehead atoms. The van der Waals surface area contributed by atoms with E-state index in [1.54, 1.807) is 9.80 Å². The van der Waals surface area contributed by atoms with E-state index in [2.05, 4.69) is 0 Å². The van der Waals surface area contributed by atoms with Crippen LogP contribution in [-0.2, 0) is 31.9 Å². The molecule has 0 aromatic heterocycles. The highest BCUT2D eigenvalue weighted by Crippen LogP contribution is 2.37. The van der Waals surface area contributed by atoms with Gasteiger partial charge in [-0.1, -0.05) is 0 Å². The number of alkyl halides is 6. The highest BCUT2D eigenvalue weighted by Gasteiger charge is 2.39. The summed E-state index contributed by atoms with van der Waals surface area (Å²) in [6, 6.07) is 0.298. The molecular formula is C18H21F6N3O4S. The van der Waals surface area contributed by atoms with E-state index in [4.69, 9.17) is 4.74 Å². The largest absolute Gasteiger partial charge is 0.416 e. The summed E-state index contributed by atoms with van der Waals surface area (Å²) >= 11 is 0. The summed E-state index contributed by atoms with van der Waals surface area (Å²) in [6.07, 6.45) is -10.3. The van der Waals surface area contributed by atoms with E-state index in [0.717, 1.165) is 4.31 Å². The van der Waals surface area contributed by atoms with Crippen LogP contribution in [0.1, 0.15) is 11.1 Å². The molecule has 180 valence electrons. The van der Waals surface area contributed by atoms with Crippen molar-refractivity contribution in [2.45, 2.75) is 17.2 Å². The molecule has 7 nitrogen and oxygen atoms in total. The molecule has 0 aliphatic carbocycles. The number of carbonyl (C=O) groups is 1. The molecule has 1 aromatic carbocycles. The molecule has 0 spiro atoms. The van der Waals surface area contributed by atoms with E-state index in [1.807, 2.05) is 0 Å². The molecule has 32 heavy (non-hydrogen) atoms. The third-order valence-electron chi connectivity index (χ3n) is 5.25. The maximum atomic E-state index is 13.1. The Labute approximate surface area is 180 Å². The van der Waals surface area contributed by atoms with Crippen LogP contribution in [-0.4, -0.2) is 87.5 Å². The van der Waals surface area contributed by atoms with Gasteiger partial charge in [-0.05, 0) is 18.2 Å². The summed E-state index contributed by atoms with van der Waals surface area (Å²) in [5.74, 6) is -0.155. The van der Waals surface area contributed by atoms with Gasteiger partial charge in [-0.3, -0.25) is 9.69 Å². The first-order valence-corrected chi connectivity index (χ1v) is 11.1. The number of hydrogen-bond acceptors (Lipinski definition) is 5. The maximum Gasteiger partial charge on any atom is 0.416 e. The molecule has 3 rings (SSSR count). The molecule has 0 atom stereocenters. The molecule has 2 fully saturated rings. The monoisotopic (exact) mass is 489 g/mol. The number of morpholine rings is 1. The summed E-state index contributed by atoms with van der Waals surface area (Å²) < 4.78 is 110. The predicted octanol–water partition coefficient (Wildman–Crippen LogP) is 1.89. The van der Waals surface area contributed by atoms with Crippen molar-refractivity contribution in [3.05, 3.63) is 29.3 Å². The summed E-state index contributed by atoms with van der Waals surface area (Å²) in [6.45, 7) is 1.67. The van der Waals surface area contributed by atoms with Gasteiger partial charge in [0, 0.05) is 39.3 Å². The lowest BCUT2D eigenvalue weighted by Crippen LogP contribution is -2.52. The average molecular weight is 489 g/mol. The number of rotatable bonds is 4. The van der Waals surface area contributed by atoms with Crippen molar-refractivity contribution >= 4 is 15.9 Å². The molecule has 14 heteroatoms. The first-order chi connectivity index (χ1) is 14.8. The van der Waals surface area contributed by atoms with Gasteiger partial charge in [0.05, 0.1) is 35.8 Å². The van der Waals surface area contributed by atoms with Gasteiger partial charge < -0.3 is 9.64 Å². The van der Waals surface area contributed by atoms with Crippen LogP contribution in [0.2, 0.25) is 0 Å². The van der Waals surface area contributed by atoms with E-state index in [-0.39, 0.29) is 56.8 Å². The number of ether oxygens (including phenoxy) is 1. The van der Waals surface area contributed by atoms with Crippen molar-refractivity contribution in [2.75, 3.05) is 59.0 Å². The van der Waals surface area contributed by atoms with Crippen LogP contribution in [0, 0.1) is 0 Å². The number of halogens is 6. The fourth-order valence-corrected chi connectivity index (χ4v) is 4.95. The highest BCUT2D eigenvalue weighted by molar-refractivity contribution is 7.89. The second kappa shape index (κ2) is 9.15. The summed E-state index contributed by atoms with van der Waals surface area (Å²) in [5.41, 5.74) is -3.39. The highest BCUT2D eigenvalue weighted by atomic mass is 32.2. The Morgan fingerprint density at radius 2 is 1.34 bits per heavy atom. The lowest BCUT2D eigenvalue weighted by atomic mass is 10.1. The Balaban J connectivity index is 1.73. The normalized spacial score (nSPS) is 19.9. The van der Waals surface area contributed by atoms with Crippen LogP contribution in [0.15, 0.2) is 23.1 Å². The van der Waals surface area contributed by atoms with Gasteiger partial charge in [0.25, 0.3) is 0 Å². The van der Waals surface area contributed by atoms with Crippen LogP contribution in [0.4, 0.5) is 26.3 Å². The fraction of sp³-hybridized carbons (Fsp3) is 0.611. The van der Waals surface area contributed by atoms with Gasteiger partial charge in [0.15, 0.2) is 0 Å². The first-order valence-electron chi connectivity index (χ1n) is 9.66. The molecule has 0 unspecified atom stereocenters. The van der Waals surface area contributed by atoms with Gasteiger partial charge in [-0.2, -0.15) is 30.6 Å². The van der Waals surface area contributed by atoms with Crippen molar-refractivity contribution < 1.29 is 44.3 Å². The minimum Gasteiger partial charge on any atom is -0.378 e. The molecule has 1 amide bonds. The number of amides is 1. The fourth-order valence-electron chi connectivity index (χ4n) is 3.46.